The predicted octanol–water partition coefficient (Wildman–Crippen LogP) is 1.75. The van der Waals surface area contributed by atoms with Crippen LogP contribution >= 0.6 is 0 Å². The standard InChI is InChI=1S/C14H8N6/c15-6-11-13(7-16)20(8-19-11)12-4-3-10-9(14(12)17)2-1-5-18-10/h1-5,8H,17H2. The number of hydrogen-bond donors (Lipinski definition) is 1. The third-order valence-electron chi connectivity index (χ3n) is 3.04. The molecular formula is C14H8N6. The zero-order chi connectivity index (χ0) is 14.1. The maximum atomic E-state index is 9.17. The van der Waals surface area contributed by atoms with E-state index in [0.29, 0.717) is 11.4 Å². The number of nitrogens with two attached hydrogens (primary N) is 1. The molecular weight excluding hydrogens is 252 g/mol. The molecule has 0 bridgehead atoms. The molecule has 0 unspecified atom stereocenters. The molecule has 0 spiro atoms. The van der Waals surface area contributed by atoms with E-state index in [1.54, 1.807) is 18.3 Å². The van der Waals surface area contributed by atoms with Crippen LogP contribution in [-0.2, 0) is 0 Å². The first-order chi connectivity index (χ1) is 9.76. The van der Waals surface area contributed by atoms with Crippen LogP contribution in [0.3, 0.4) is 0 Å². The van der Waals surface area contributed by atoms with E-state index in [2.05, 4.69) is 9.97 Å². The zero-order valence-corrected chi connectivity index (χ0v) is 10.3. The van der Waals surface area contributed by atoms with Crippen molar-refractivity contribution in [3.8, 4) is 17.8 Å². The molecule has 3 aromatic rings. The van der Waals surface area contributed by atoms with Gasteiger partial charge in [-0.1, -0.05) is 0 Å². The maximum absolute atomic E-state index is 9.17. The van der Waals surface area contributed by atoms with Crippen molar-refractivity contribution < 1.29 is 0 Å². The number of nitrogens with zero attached hydrogens (tertiary/aromatic N) is 5. The van der Waals surface area contributed by atoms with Gasteiger partial charge in [-0.2, -0.15) is 10.5 Å². The molecule has 0 atom stereocenters. The van der Waals surface area contributed by atoms with Crippen molar-refractivity contribution in [3.05, 3.63) is 48.2 Å². The van der Waals surface area contributed by atoms with E-state index in [9.17, 15) is 0 Å². The van der Waals surface area contributed by atoms with Gasteiger partial charge in [0.15, 0.2) is 11.4 Å². The Bertz CT molecular complexity index is 894. The summed E-state index contributed by atoms with van der Waals surface area (Å²) in [7, 11) is 0. The number of nitrogen functional groups attached to an aromatic ring is 1. The van der Waals surface area contributed by atoms with Crippen LogP contribution in [0.25, 0.3) is 16.6 Å². The number of hydrogen-bond acceptors (Lipinski definition) is 5. The second-order valence-corrected chi connectivity index (χ2v) is 4.10. The van der Waals surface area contributed by atoms with Crippen molar-refractivity contribution in [2.24, 2.45) is 0 Å². The van der Waals surface area contributed by atoms with Gasteiger partial charge >= 0.3 is 0 Å². The van der Waals surface area contributed by atoms with Gasteiger partial charge in [0.1, 0.15) is 18.5 Å². The van der Waals surface area contributed by atoms with Gasteiger partial charge < -0.3 is 5.73 Å². The summed E-state index contributed by atoms with van der Waals surface area (Å²) in [6.07, 6.45) is 3.11. The lowest BCUT2D eigenvalue weighted by molar-refractivity contribution is 1.04. The van der Waals surface area contributed by atoms with Gasteiger partial charge in [-0.25, -0.2) is 4.98 Å². The molecule has 3 rings (SSSR count). The lowest BCUT2D eigenvalue weighted by Crippen LogP contribution is -2.02. The fraction of sp³-hybridized carbons (Fsp3) is 0. The van der Waals surface area contributed by atoms with Gasteiger partial charge in [-0.3, -0.25) is 9.55 Å². The Morgan fingerprint density at radius 1 is 1.10 bits per heavy atom. The summed E-state index contributed by atoms with van der Waals surface area (Å²) in [5.74, 6) is 0. The minimum atomic E-state index is 0.0817. The van der Waals surface area contributed by atoms with Gasteiger partial charge in [0, 0.05) is 11.6 Å². The quantitative estimate of drug-likeness (QED) is 0.671. The number of pyridine rings is 1. The summed E-state index contributed by atoms with van der Waals surface area (Å²) in [5, 5.41) is 18.9. The molecule has 2 N–H and O–H groups in total. The summed E-state index contributed by atoms with van der Waals surface area (Å²) in [6, 6.07) is 11.1. The van der Waals surface area contributed by atoms with Crippen LogP contribution in [-0.4, -0.2) is 14.5 Å². The minimum absolute atomic E-state index is 0.0817. The fourth-order valence-electron chi connectivity index (χ4n) is 2.09. The van der Waals surface area contributed by atoms with E-state index in [-0.39, 0.29) is 11.4 Å². The molecule has 2 aromatic heterocycles. The van der Waals surface area contributed by atoms with Gasteiger partial charge in [-0.05, 0) is 24.3 Å². The van der Waals surface area contributed by atoms with Crippen molar-refractivity contribution >= 4 is 16.6 Å². The van der Waals surface area contributed by atoms with Crippen molar-refractivity contribution in [2.75, 3.05) is 5.73 Å². The molecule has 1 aromatic carbocycles. The van der Waals surface area contributed by atoms with Crippen LogP contribution in [0.15, 0.2) is 36.8 Å². The molecule has 0 amide bonds. The Kier molecular flexibility index (Phi) is 2.56. The zero-order valence-electron chi connectivity index (χ0n) is 10.3. The normalized spacial score (nSPS) is 10.1. The predicted molar refractivity (Wildman–Crippen MR) is 72.7 cm³/mol. The summed E-state index contributed by atoms with van der Waals surface area (Å²) in [5.41, 5.74) is 8.27. The molecule has 6 heteroatoms. The molecule has 94 valence electrons. The average molecular weight is 260 g/mol. The molecule has 0 aliphatic heterocycles. The number of anilines is 1. The number of nitriles is 2. The highest BCUT2D eigenvalue weighted by atomic mass is 15.1. The highest BCUT2D eigenvalue weighted by molar-refractivity contribution is 5.94. The Balaban J connectivity index is 2.32. The Labute approximate surface area is 114 Å². The Morgan fingerprint density at radius 2 is 1.95 bits per heavy atom. The molecule has 6 nitrogen and oxygen atoms in total. The summed E-state index contributed by atoms with van der Waals surface area (Å²) in [4.78, 5) is 8.13. The number of imidazole rings is 1. The molecule has 0 fully saturated rings. The molecule has 20 heavy (non-hydrogen) atoms. The van der Waals surface area contributed by atoms with Crippen molar-refractivity contribution in [3.63, 3.8) is 0 Å². The van der Waals surface area contributed by atoms with Crippen LogP contribution in [0, 0.1) is 22.7 Å². The van der Waals surface area contributed by atoms with Crippen LogP contribution in [0.4, 0.5) is 5.69 Å². The van der Waals surface area contributed by atoms with Gasteiger partial charge in [-0.15, -0.1) is 0 Å². The minimum Gasteiger partial charge on any atom is -0.396 e. The number of rotatable bonds is 1. The van der Waals surface area contributed by atoms with E-state index in [4.69, 9.17) is 16.3 Å². The first kappa shape index (κ1) is 11.7. The first-order valence-corrected chi connectivity index (χ1v) is 5.77. The largest absolute Gasteiger partial charge is 0.396 e. The van der Waals surface area contributed by atoms with Crippen molar-refractivity contribution in [1.29, 1.82) is 10.5 Å². The topological polar surface area (TPSA) is 104 Å². The SMILES string of the molecule is N#Cc1ncn(-c2ccc3ncccc3c2N)c1C#N. The Hall–Kier alpha value is -3.38. The third kappa shape index (κ3) is 1.57. The highest BCUT2D eigenvalue weighted by Gasteiger charge is 2.14. The van der Waals surface area contributed by atoms with Gasteiger partial charge in [0.2, 0.25) is 0 Å². The first-order valence-electron chi connectivity index (χ1n) is 5.77. The van der Waals surface area contributed by atoms with Crippen LogP contribution < -0.4 is 5.73 Å². The molecule has 0 aliphatic rings. The fourth-order valence-corrected chi connectivity index (χ4v) is 2.09. The van der Waals surface area contributed by atoms with Gasteiger partial charge in [0.05, 0.1) is 16.9 Å². The second-order valence-electron chi connectivity index (χ2n) is 4.10. The van der Waals surface area contributed by atoms with E-state index >= 15 is 0 Å². The van der Waals surface area contributed by atoms with Crippen molar-refractivity contribution in [2.45, 2.75) is 0 Å². The van der Waals surface area contributed by atoms with Gasteiger partial charge in [0.25, 0.3) is 0 Å². The summed E-state index contributed by atoms with van der Waals surface area (Å²) in [6.45, 7) is 0. The number of benzene rings is 1. The van der Waals surface area contributed by atoms with E-state index in [1.807, 2.05) is 24.3 Å². The van der Waals surface area contributed by atoms with Crippen molar-refractivity contribution in [1.82, 2.24) is 14.5 Å². The monoisotopic (exact) mass is 260 g/mol. The van der Waals surface area contributed by atoms with E-state index < -0.39 is 0 Å². The smallest absolute Gasteiger partial charge is 0.177 e. The number of fused-ring (bicyclic) bond motifs is 1. The average Bonchev–Trinajstić information content (AvgIpc) is 2.90. The maximum Gasteiger partial charge on any atom is 0.177 e. The lowest BCUT2D eigenvalue weighted by atomic mass is 10.1. The van der Waals surface area contributed by atoms with E-state index in [1.165, 1.54) is 10.9 Å². The molecule has 0 radical (unpaired) electrons. The Morgan fingerprint density at radius 3 is 2.70 bits per heavy atom. The summed E-state index contributed by atoms with van der Waals surface area (Å²) >= 11 is 0. The van der Waals surface area contributed by atoms with Crippen LogP contribution in [0.2, 0.25) is 0 Å². The molecule has 0 saturated carbocycles. The third-order valence-corrected chi connectivity index (χ3v) is 3.04. The summed E-state index contributed by atoms with van der Waals surface area (Å²) < 4.78 is 1.51. The van der Waals surface area contributed by atoms with Crippen LogP contribution in [0.5, 0.6) is 0 Å². The molecule has 0 saturated heterocycles. The number of aromatic nitrogens is 3. The van der Waals surface area contributed by atoms with E-state index in [0.717, 1.165) is 10.9 Å². The highest BCUT2D eigenvalue weighted by Crippen LogP contribution is 2.27. The molecule has 2 heterocycles. The molecule has 0 aliphatic carbocycles. The second kappa shape index (κ2) is 4.38. The lowest BCUT2D eigenvalue weighted by Gasteiger charge is -2.10. The van der Waals surface area contributed by atoms with Crippen LogP contribution in [0.1, 0.15) is 11.4 Å².